The van der Waals surface area contributed by atoms with Crippen LogP contribution in [0.2, 0.25) is 0 Å². The van der Waals surface area contributed by atoms with E-state index in [-0.39, 0.29) is 17.9 Å². The Bertz CT molecular complexity index is 1270. The summed E-state index contributed by atoms with van der Waals surface area (Å²) in [5.41, 5.74) is 2.23. The average Bonchev–Trinajstić information content (AvgIpc) is 2.83. The minimum absolute atomic E-state index is 0.173. The lowest BCUT2D eigenvalue weighted by Crippen LogP contribution is -2.28. The lowest BCUT2D eigenvalue weighted by Gasteiger charge is -2.17. The van der Waals surface area contributed by atoms with Gasteiger partial charge in [-0.25, -0.2) is 0 Å². The highest BCUT2D eigenvalue weighted by Gasteiger charge is 2.19. The summed E-state index contributed by atoms with van der Waals surface area (Å²) in [6.07, 6.45) is 0. The maximum absolute atomic E-state index is 13.1. The summed E-state index contributed by atoms with van der Waals surface area (Å²) in [7, 11) is 1.53. The van der Waals surface area contributed by atoms with Gasteiger partial charge in [0.25, 0.3) is 11.8 Å². The maximum Gasteiger partial charge on any atom is 0.259 e. The first kappa shape index (κ1) is 21.1. The molecule has 0 spiro atoms. The van der Waals surface area contributed by atoms with Crippen molar-refractivity contribution in [1.29, 1.82) is 0 Å². The van der Waals surface area contributed by atoms with Gasteiger partial charge in [-0.1, -0.05) is 66.7 Å². The van der Waals surface area contributed by atoms with Crippen molar-refractivity contribution in [3.05, 3.63) is 108 Å². The van der Waals surface area contributed by atoms with E-state index < -0.39 is 0 Å². The molecule has 0 saturated heterocycles. The molecule has 0 aliphatic carbocycles. The lowest BCUT2D eigenvalue weighted by atomic mass is 10.0. The third-order valence-corrected chi connectivity index (χ3v) is 5.38. The minimum atomic E-state index is -0.344. The predicted molar refractivity (Wildman–Crippen MR) is 127 cm³/mol. The molecule has 5 nitrogen and oxygen atoms in total. The number of ether oxygens (including phenoxy) is 1. The van der Waals surface area contributed by atoms with Gasteiger partial charge in [-0.05, 0) is 47.5 Å². The van der Waals surface area contributed by atoms with Gasteiger partial charge in [-0.3, -0.25) is 9.59 Å². The Labute approximate surface area is 187 Å². The number of hydrogen-bond donors (Lipinski definition) is 2. The zero-order chi connectivity index (χ0) is 22.5. The van der Waals surface area contributed by atoms with Gasteiger partial charge in [0.1, 0.15) is 5.75 Å². The van der Waals surface area contributed by atoms with E-state index in [1.807, 2.05) is 67.6 Å². The largest absolute Gasteiger partial charge is 0.496 e. The van der Waals surface area contributed by atoms with E-state index in [4.69, 9.17) is 4.74 Å². The molecule has 0 saturated carbocycles. The van der Waals surface area contributed by atoms with Crippen LogP contribution < -0.4 is 15.4 Å². The molecule has 160 valence electrons. The average molecular weight is 425 g/mol. The van der Waals surface area contributed by atoms with Crippen molar-refractivity contribution < 1.29 is 14.3 Å². The Hall–Kier alpha value is -4.12. The Morgan fingerprint density at radius 3 is 2.09 bits per heavy atom. The summed E-state index contributed by atoms with van der Waals surface area (Å²) < 4.78 is 5.45. The number of para-hydroxylation sites is 1. The number of carbonyl (C=O) groups excluding carboxylic acids is 2. The van der Waals surface area contributed by atoms with Crippen molar-refractivity contribution in [2.24, 2.45) is 0 Å². The van der Waals surface area contributed by atoms with Gasteiger partial charge in [0.2, 0.25) is 0 Å². The van der Waals surface area contributed by atoms with Crippen LogP contribution in [-0.4, -0.2) is 18.9 Å². The monoisotopic (exact) mass is 424 g/mol. The zero-order valence-corrected chi connectivity index (χ0v) is 18.0. The van der Waals surface area contributed by atoms with Crippen LogP contribution >= 0.6 is 0 Å². The normalized spacial score (nSPS) is 11.6. The fraction of sp³-hybridized carbons (Fsp3) is 0.111. The summed E-state index contributed by atoms with van der Waals surface area (Å²) >= 11 is 0. The van der Waals surface area contributed by atoms with Crippen LogP contribution in [-0.2, 0) is 0 Å². The summed E-state index contributed by atoms with van der Waals surface area (Å²) in [6.45, 7) is 1.92. The molecular formula is C27H24N2O3. The summed E-state index contributed by atoms with van der Waals surface area (Å²) in [5.74, 6) is -0.132. The number of fused-ring (bicyclic) bond motifs is 1. The van der Waals surface area contributed by atoms with Crippen LogP contribution in [0.15, 0.2) is 91.0 Å². The number of amides is 2. The molecular weight excluding hydrogens is 400 g/mol. The number of anilines is 1. The number of methoxy groups -OCH3 is 1. The molecule has 2 amide bonds. The van der Waals surface area contributed by atoms with Gasteiger partial charge in [0, 0.05) is 0 Å². The first-order chi connectivity index (χ1) is 15.6. The molecule has 0 aliphatic heterocycles. The second-order valence-corrected chi connectivity index (χ2v) is 7.51. The van der Waals surface area contributed by atoms with Crippen LogP contribution in [0, 0.1) is 0 Å². The predicted octanol–water partition coefficient (Wildman–Crippen LogP) is 5.59. The third-order valence-electron chi connectivity index (χ3n) is 5.38. The highest BCUT2D eigenvalue weighted by atomic mass is 16.5. The van der Waals surface area contributed by atoms with Gasteiger partial charge >= 0.3 is 0 Å². The van der Waals surface area contributed by atoms with Gasteiger partial charge in [0.15, 0.2) is 0 Å². The fourth-order valence-corrected chi connectivity index (χ4v) is 3.64. The van der Waals surface area contributed by atoms with Crippen molar-refractivity contribution in [3.63, 3.8) is 0 Å². The standard InChI is InChI=1S/C27H24N2O3/c1-18(19-10-4-3-5-11-19)28-26(30)22-14-8-9-15-24(22)29-27(31)23-16-20-12-6-7-13-21(20)17-25(23)32-2/h3-18H,1-2H3,(H,28,30)(H,29,31)/t18-/m0/s1. The minimum Gasteiger partial charge on any atom is -0.496 e. The Balaban J connectivity index is 1.59. The maximum atomic E-state index is 13.1. The Kier molecular flexibility index (Phi) is 6.17. The molecule has 0 aromatic heterocycles. The second kappa shape index (κ2) is 9.35. The van der Waals surface area contributed by atoms with Crippen molar-refractivity contribution >= 4 is 28.3 Å². The molecule has 2 N–H and O–H groups in total. The number of nitrogens with one attached hydrogen (secondary N) is 2. The van der Waals surface area contributed by atoms with Crippen molar-refractivity contribution in [3.8, 4) is 5.75 Å². The molecule has 4 aromatic carbocycles. The van der Waals surface area contributed by atoms with Crippen LogP contribution in [0.25, 0.3) is 10.8 Å². The van der Waals surface area contributed by atoms with Crippen molar-refractivity contribution in [1.82, 2.24) is 5.32 Å². The Morgan fingerprint density at radius 2 is 1.38 bits per heavy atom. The van der Waals surface area contributed by atoms with Crippen LogP contribution in [0.5, 0.6) is 5.75 Å². The van der Waals surface area contributed by atoms with E-state index in [1.54, 1.807) is 30.3 Å². The summed E-state index contributed by atoms with van der Waals surface area (Å²) in [6, 6.07) is 27.9. The highest BCUT2D eigenvalue weighted by Crippen LogP contribution is 2.27. The zero-order valence-electron chi connectivity index (χ0n) is 18.0. The van der Waals surface area contributed by atoms with Gasteiger partial charge < -0.3 is 15.4 Å². The smallest absolute Gasteiger partial charge is 0.259 e. The third kappa shape index (κ3) is 4.47. The van der Waals surface area contributed by atoms with Crippen LogP contribution in [0.1, 0.15) is 39.2 Å². The molecule has 32 heavy (non-hydrogen) atoms. The molecule has 0 bridgehead atoms. The molecule has 4 aromatic rings. The molecule has 0 aliphatic rings. The molecule has 0 radical (unpaired) electrons. The first-order valence-corrected chi connectivity index (χ1v) is 10.4. The summed E-state index contributed by atoms with van der Waals surface area (Å²) in [4.78, 5) is 26.1. The number of rotatable bonds is 6. The van der Waals surface area contributed by atoms with Crippen molar-refractivity contribution in [2.75, 3.05) is 12.4 Å². The van der Waals surface area contributed by atoms with Crippen LogP contribution in [0.4, 0.5) is 5.69 Å². The molecule has 1 atom stereocenters. The van der Waals surface area contributed by atoms with E-state index in [0.29, 0.717) is 22.6 Å². The fourth-order valence-electron chi connectivity index (χ4n) is 3.64. The second-order valence-electron chi connectivity index (χ2n) is 7.51. The van der Waals surface area contributed by atoms with Gasteiger partial charge in [-0.15, -0.1) is 0 Å². The molecule has 0 unspecified atom stereocenters. The topological polar surface area (TPSA) is 67.4 Å². The van der Waals surface area contributed by atoms with E-state index in [0.717, 1.165) is 16.3 Å². The quantitative estimate of drug-likeness (QED) is 0.424. The number of hydrogen-bond acceptors (Lipinski definition) is 3. The number of benzene rings is 4. The molecule has 5 heteroatoms. The van der Waals surface area contributed by atoms with E-state index >= 15 is 0 Å². The highest BCUT2D eigenvalue weighted by molar-refractivity contribution is 6.11. The van der Waals surface area contributed by atoms with Crippen molar-refractivity contribution in [2.45, 2.75) is 13.0 Å². The molecule has 0 fully saturated rings. The number of carbonyl (C=O) groups is 2. The summed E-state index contributed by atoms with van der Waals surface area (Å²) in [5, 5.41) is 7.79. The van der Waals surface area contributed by atoms with E-state index in [1.165, 1.54) is 7.11 Å². The van der Waals surface area contributed by atoms with E-state index in [9.17, 15) is 9.59 Å². The van der Waals surface area contributed by atoms with E-state index in [2.05, 4.69) is 10.6 Å². The Morgan fingerprint density at radius 1 is 0.750 bits per heavy atom. The van der Waals surface area contributed by atoms with Gasteiger partial charge in [0.05, 0.1) is 30.0 Å². The SMILES string of the molecule is COc1cc2ccccc2cc1C(=O)Nc1ccccc1C(=O)N[C@@H](C)c1ccccc1. The first-order valence-electron chi connectivity index (χ1n) is 10.4. The lowest BCUT2D eigenvalue weighted by molar-refractivity contribution is 0.0941. The van der Waals surface area contributed by atoms with Crippen LogP contribution in [0.3, 0.4) is 0 Å². The molecule has 0 heterocycles. The molecule has 4 rings (SSSR count). The van der Waals surface area contributed by atoms with Gasteiger partial charge in [-0.2, -0.15) is 0 Å².